The van der Waals surface area contributed by atoms with Crippen LogP contribution in [0.2, 0.25) is 0 Å². The molecule has 6 nitrogen and oxygen atoms in total. The van der Waals surface area contributed by atoms with Gasteiger partial charge in [-0.25, -0.2) is 9.18 Å². The van der Waals surface area contributed by atoms with Gasteiger partial charge >= 0.3 is 5.97 Å². The first-order chi connectivity index (χ1) is 11.5. The number of halogens is 1. The van der Waals surface area contributed by atoms with Crippen LogP contribution < -0.4 is 10.1 Å². The summed E-state index contributed by atoms with van der Waals surface area (Å²) in [5.74, 6) is -1.82. The molecule has 1 amide bonds. The molecule has 1 aliphatic rings. The number of benzene rings is 1. The SMILES string of the molecule is COc1ccc(C(NC(=O)CCC2CCOCC2)C(=O)O)cc1F. The zero-order valence-electron chi connectivity index (χ0n) is 13.6. The molecule has 24 heavy (non-hydrogen) atoms. The molecule has 132 valence electrons. The third-order valence-electron chi connectivity index (χ3n) is 4.18. The molecule has 1 aromatic rings. The van der Waals surface area contributed by atoms with Gasteiger partial charge in [-0.05, 0) is 42.9 Å². The van der Waals surface area contributed by atoms with E-state index in [1.807, 2.05) is 0 Å². The van der Waals surface area contributed by atoms with Gasteiger partial charge in [0.1, 0.15) is 0 Å². The highest BCUT2D eigenvalue weighted by Gasteiger charge is 2.24. The fraction of sp³-hybridized carbons (Fsp3) is 0.529. The van der Waals surface area contributed by atoms with Crippen LogP contribution in [-0.4, -0.2) is 37.3 Å². The topological polar surface area (TPSA) is 84.9 Å². The minimum absolute atomic E-state index is 0.0220. The summed E-state index contributed by atoms with van der Waals surface area (Å²) in [4.78, 5) is 23.5. The summed E-state index contributed by atoms with van der Waals surface area (Å²) in [6.07, 6.45) is 2.77. The Morgan fingerprint density at radius 3 is 2.71 bits per heavy atom. The molecule has 1 fully saturated rings. The van der Waals surface area contributed by atoms with Crippen LogP contribution >= 0.6 is 0 Å². The summed E-state index contributed by atoms with van der Waals surface area (Å²) >= 11 is 0. The first kappa shape index (κ1) is 18.2. The average Bonchev–Trinajstić information content (AvgIpc) is 2.58. The normalized spacial score (nSPS) is 16.4. The number of methoxy groups -OCH3 is 1. The number of ether oxygens (including phenoxy) is 2. The van der Waals surface area contributed by atoms with Gasteiger partial charge < -0.3 is 19.9 Å². The standard InChI is InChI=1S/C17H22FNO5/c1-23-14-4-3-12(10-13(14)18)16(17(21)22)19-15(20)5-2-11-6-8-24-9-7-11/h3-4,10-11,16H,2,5-9H2,1H3,(H,19,20)(H,21,22). The summed E-state index contributed by atoms with van der Waals surface area (Å²) < 4.78 is 23.8. The monoisotopic (exact) mass is 339 g/mol. The maximum Gasteiger partial charge on any atom is 0.330 e. The summed E-state index contributed by atoms with van der Waals surface area (Å²) in [5.41, 5.74) is 0.167. The fourth-order valence-electron chi connectivity index (χ4n) is 2.75. The number of nitrogens with one attached hydrogen (secondary N) is 1. The number of carboxylic acid groups (broad SMARTS) is 1. The van der Waals surface area contributed by atoms with Gasteiger partial charge in [-0.3, -0.25) is 4.79 Å². The van der Waals surface area contributed by atoms with E-state index in [0.717, 1.165) is 18.9 Å². The summed E-state index contributed by atoms with van der Waals surface area (Å²) in [6.45, 7) is 1.41. The van der Waals surface area contributed by atoms with Crippen LogP contribution in [0, 0.1) is 11.7 Å². The second-order valence-corrected chi connectivity index (χ2v) is 5.83. The minimum Gasteiger partial charge on any atom is -0.494 e. The van der Waals surface area contributed by atoms with Gasteiger partial charge in [-0.15, -0.1) is 0 Å². The van der Waals surface area contributed by atoms with Crippen molar-refractivity contribution in [1.29, 1.82) is 0 Å². The second kappa shape index (κ2) is 8.63. The van der Waals surface area contributed by atoms with Crippen molar-refractivity contribution < 1.29 is 28.6 Å². The largest absolute Gasteiger partial charge is 0.494 e. The number of aliphatic carboxylic acids is 1. The second-order valence-electron chi connectivity index (χ2n) is 5.83. The van der Waals surface area contributed by atoms with Crippen molar-refractivity contribution in [2.24, 2.45) is 5.92 Å². The third-order valence-corrected chi connectivity index (χ3v) is 4.18. The Labute approximate surface area is 139 Å². The van der Waals surface area contributed by atoms with Crippen LogP contribution in [0.4, 0.5) is 4.39 Å². The number of rotatable bonds is 7. The van der Waals surface area contributed by atoms with E-state index in [1.165, 1.54) is 19.2 Å². The molecule has 1 aliphatic heterocycles. The number of carbonyl (C=O) groups excluding carboxylic acids is 1. The lowest BCUT2D eigenvalue weighted by Crippen LogP contribution is -2.34. The van der Waals surface area contributed by atoms with Gasteiger partial charge in [0.2, 0.25) is 5.91 Å². The van der Waals surface area contributed by atoms with Crippen molar-refractivity contribution in [2.45, 2.75) is 31.7 Å². The molecule has 2 rings (SSSR count). The van der Waals surface area contributed by atoms with Crippen LogP contribution in [0.3, 0.4) is 0 Å². The molecule has 0 aliphatic carbocycles. The molecule has 1 unspecified atom stereocenters. The van der Waals surface area contributed by atoms with E-state index in [1.54, 1.807) is 0 Å². The molecule has 1 saturated heterocycles. The van der Waals surface area contributed by atoms with Crippen molar-refractivity contribution >= 4 is 11.9 Å². The van der Waals surface area contributed by atoms with Crippen molar-refractivity contribution in [3.8, 4) is 5.75 Å². The minimum atomic E-state index is -1.28. The molecule has 0 radical (unpaired) electrons. The number of hydrogen-bond acceptors (Lipinski definition) is 4. The molecule has 0 spiro atoms. The average molecular weight is 339 g/mol. The maximum atomic E-state index is 13.8. The van der Waals surface area contributed by atoms with Crippen LogP contribution in [0.25, 0.3) is 0 Å². The van der Waals surface area contributed by atoms with E-state index >= 15 is 0 Å². The number of amides is 1. The van der Waals surface area contributed by atoms with Crippen LogP contribution in [0.5, 0.6) is 5.75 Å². The molecule has 1 heterocycles. The van der Waals surface area contributed by atoms with Crippen molar-refractivity contribution in [3.05, 3.63) is 29.6 Å². The van der Waals surface area contributed by atoms with Crippen molar-refractivity contribution in [3.63, 3.8) is 0 Å². The highest BCUT2D eigenvalue weighted by Crippen LogP contribution is 2.23. The molecule has 0 aromatic heterocycles. The zero-order chi connectivity index (χ0) is 17.5. The smallest absolute Gasteiger partial charge is 0.330 e. The number of carbonyl (C=O) groups is 2. The summed E-state index contributed by atoms with van der Waals surface area (Å²) in [7, 11) is 1.32. The Morgan fingerprint density at radius 1 is 1.42 bits per heavy atom. The molecule has 1 atom stereocenters. The lowest BCUT2D eigenvalue weighted by atomic mass is 9.94. The van der Waals surface area contributed by atoms with E-state index in [4.69, 9.17) is 9.47 Å². The zero-order valence-corrected chi connectivity index (χ0v) is 13.6. The Hall–Kier alpha value is -2.15. The number of carboxylic acids is 1. The van der Waals surface area contributed by atoms with E-state index in [2.05, 4.69) is 5.32 Å². The highest BCUT2D eigenvalue weighted by atomic mass is 19.1. The Balaban J connectivity index is 1.96. The predicted octanol–water partition coefficient (Wildman–Crippen LogP) is 2.28. The van der Waals surface area contributed by atoms with Gasteiger partial charge in [0.25, 0.3) is 0 Å². The Kier molecular flexibility index (Phi) is 6.54. The molecule has 7 heteroatoms. The lowest BCUT2D eigenvalue weighted by Gasteiger charge is -2.22. The van der Waals surface area contributed by atoms with Crippen LogP contribution in [-0.2, 0) is 14.3 Å². The molecular weight excluding hydrogens is 317 g/mol. The molecule has 2 N–H and O–H groups in total. The van der Waals surface area contributed by atoms with Crippen LogP contribution in [0.15, 0.2) is 18.2 Å². The fourth-order valence-corrected chi connectivity index (χ4v) is 2.75. The first-order valence-corrected chi connectivity index (χ1v) is 7.94. The Morgan fingerprint density at radius 2 is 2.12 bits per heavy atom. The van der Waals surface area contributed by atoms with E-state index in [0.29, 0.717) is 25.6 Å². The quantitative estimate of drug-likeness (QED) is 0.796. The van der Waals surface area contributed by atoms with Gasteiger partial charge in [0.15, 0.2) is 17.6 Å². The first-order valence-electron chi connectivity index (χ1n) is 7.94. The van der Waals surface area contributed by atoms with E-state index in [-0.39, 0.29) is 23.6 Å². The van der Waals surface area contributed by atoms with Crippen LogP contribution in [0.1, 0.15) is 37.3 Å². The summed E-state index contributed by atoms with van der Waals surface area (Å²) in [6, 6.07) is 2.55. The van der Waals surface area contributed by atoms with E-state index in [9.17, 15) is 19.1 Å². The maximum absolute atomic E-state index is 13.8. The Bertz CT molecular complexity index is 586. The lowest BCUT2D eigenvalue weighted by molar-refractivity contribution is -0.142. The molecule has 0 saturated carbocycles. The highest BCUT2D eigenvalue weighted by molar-refractivity contribution is 5.84. The predicted molar refractivity (Wildman–Crippen MR) is 84.2 cm³/mol. The third kappa shape index (κ3) is 4.92. The molecule has 0 bridgehead atoms. The number of hydrogen-bond donors (Lipinski definition) is 2. The van der Waals surface area contributed by atoms with Crippen molar-refractivity contribution in [2.75, 3.05) is 20.3 Å². The van der Waals surface area contributed by atoms with Gasteiger partial charge in [-0.1, -0.05) is 6.07 Å². The van der Waals surface area contributed by atoms with Gasteiger partial charge in [0.05, 0.1) is 7.11 Å². The van der Waals surface area contributed by atoms with Gasteiger partial charge in [-0.2, -0.15) is 0 Å². The summed E-state index contributed by atoms with van der Waals surface area (Å²) in [5, 5.41) is 11.8. The van der Waals surface area contributed by atoms with Crippen molar-refractivity contribution in [1.82, 2.24) is 5.32 Å². The van der Waals surface area contributed by atoms with E-state index < -0.39 is 17.8 Å². The van der Waals surface area contributed by atoms with Gasteiger partial charge in [0, 0.05) is 19.6 Å². The molecule has 1 aromatic carbocycles. The molecular formula is C17H22FNO5.